The molecule has 2 heterocycles. The Kier molecular flexibility index (Phi) is 7.08. The van der Waals surface area contributed by atoms with E-state index in [1.54, 1.807) is 19.2 Å². The molecule has 1 aliphatic heterocycles. The molecule has 4 rings (SSSR count). The Balaban J connectivity index is 1.49. The molecule has 1 saturated carbocycles. The van der Waals surface area contributed by atoms with Crippen LogP contribution < -0.4 is 10.1 Å². The Morgan fingerprint density at radius 1 is 1.21 bits per heavy atom. The Bertz CT molecular complexity index is 986. The average Bonchev–Trinajstić information content (AvgIpc) is 3.69. The van der Waals surface area contributed by atoms with Crippen molar-refractivity contribution in [2.24, 2.45) is 0 Å². The maximum absolute atomic E-state index is 12.1. The molecule has 2 atom stereocenters. The summed E-state index contributed by atoms with van der Waals surface area (Å²) in [7, 11) is 1.61. The van der Waals surface area contributed by atoms with Gasteiger partial charge >= 0.3 is 0 Å². The fourth-order valence-electron chi connectivity index (χ4n) is 4.33. The van der Waals surface area contributed by atoms with Gasteiger partial charge in [0.15, 0.2) is 6.10 Å². The molecule has 33 heavy (non-hydrogen) atoms. The van der Waals surface area contributed by atoms with Crippen molar-refractivity contribution in [3.05, 3.63) is 72.1 Å². The molecule has 2 amide bonds. The molecule has 1 aromatic heterocycles. The first-order chi connectivity index (χ1) is 16.0. The molecule has 0 bridgehead atoms. The second-order valence-electron chi connectivity index (χ2n) is 8.85. The van der Waals surface area contributed by atoms with Gasteiger partial charge in [-0.2, -0.15) is 0 Å². The van der Waals surface area contributed by atoms with E-state index in [2.05, 4.69) is 35.9 Å². The summed E-state index contributed by atoms with van der Waals surface area (Å²) in [5.41, 5.74) is 2.76. The van der Waals surface area contributed by atoms with Crippen LogP contribution in [-0.2, 0) is 4.79 Å². The lowest BCUT2D eigenvalue weighted by Crippen LogP contribution is -2.54. The van der Waals surface area contributed by atoms with Gasteiger partial charge < -0.3 is 15.0 Å². The van der Waals surface area contributed by atoms with Crippen LogP contribution in [0.5, 0.6) is 5.75 Å². The van der Waals surface area contributed by atoms with Crippen LogP contribution in [0.4, 0.5) is 0 Å². The lowest BCUT2D eigenvalue weighted by atomic mass is 10.1. The first-order valence-corrected chi connectivity index (χ1v) is 11.6. The maximum atomic E-state index is 12.1. The van der Waals surface area contributed by atoms with Crippen molar-refractivity contribution in [2.75, 3.05) is 33.2 Å². The second-order valence-corrected chi connectivity index (χ2v) is 8.85. The van der Waals surface area contributed by atoms with Gasteiger partial charge in [0, 0.05) is 51.0 Å². The average molecular weight is 449 g/mol. The summed E-state index contributed by atoms with van der Waals surface area (Å²) >= 11 is 0. The smallest absolute Gasteiger partial charge is 0.251 e. The Hall–Kier alpha value is -3.19. The zero-order valence-electron chi connectivity index (χ0n) is 19.4. The highest BCUT2D eigenvalue weighted by molar-refractivity contribution is 5.94. The van der Waals surface area contributed by atoms with E-state index >= 15 is 0 Å². The molecule has 1 N–H and O–H groups in total. The molecular weight excluding hydrogens is 416 g/mol. The number of hydrogen-bond acceptors (Lipinski definition) is 5. The molecule has 7 nitrogen and oxygen atoms in total. The van der Waals surface area contributed by atoms with Crippen LogP contribution in [0, 0.1) is 0 Å². The highest BCUT2D eigenvalue weighted by Gasteiger charge is 2.29. The van der Waals surface area contributed by atoms with Crippen molar-refractivity contribution in [1.82, 2.24) is 20.1 Å². The molecule has 1 aromatic carbocycles. The van der Waals surface area contributed by atoms with Crippen LogP contribution in [0.15, 0.2) is 55.3 Å². The topological polar surface area (TPSA) is 74.8 Å². The number of carbonyl (C=O) groups excluding carboxylic acids is 2. The largest absolute Gasteiger partial charge is 0.483 e. The molecule has 1 aliphatic carbocycles. The van der Waals surface area contributed by atoms with Crippen molar-refractivity contribution in [3.63, 3.8) is 0 Å². The number of nitrogens with one attached hydrogen (secondary N) is 1. The molecule has 0 spiro atoms. The zero-order chi connectivity index (χ0) is 23.4. The Morgan fingerprint density at radius 2 is 1.97 bits per heavy atom. The molecule has 2 fully saturated rings. The number of amides is 2. The molecule has 1 saturated heterocycles. The lowest BCUT2D eigenvalue weighted by Gasteiger charge is -2.40. The SMILES string of the molecule is C=CC(=O)N1CCN(C[C@H](Oc2ccc(C(=O)NC)cc2)c2ccc(C3CC3)cn2)C[C@H]1C. The van der Waals surface area contributed by atoms with Crippen LogP contribution in [0.3, 0.4) is 0 Å². The van der Waals surface area contributed by atoms with E-state index < -0.39 is 0 Å². The third kappa shape index (κ3) is 5.60. The Labute approximate surface area is 195 Å². The number of hydrogen-bond donors (Lipinski definition) is 1. The van der Waals surface area contributed by atoms with Gasteiger partial charge in [-0.25, -0.2) is 0 Å². The number of piperazine rings is 1. The third-order valence-corrected chi connectivity index (χ3v) is 6.40. The number of aromatic nitrogens is 1. The van der Waals surface area contributed by atoms with E-state index in [-0.39, 0.29) is 24.0 Å². The number of ether oxygens (including phenoxy) is 1. The van der Waals surface area contributed by atoms with Crippen molar-refractivity contribution in [3.8, 4) is 5.75 Å². The fourth-order valence-corrected chi connectivity index (χ4v) is 4.33. The summed E-state index contributed by atoms with van der Waals surface area (Å²) in [5.74, 6) is 1.19. The number of nitrogens with zero attached hydrogens (tertiary/aromatic N) is 3. The predicted octanol–water partition coefficient (Wildman–Crippen LogP) is 3.16. The monoisotopic (exact) mass is 448 g/mol. The van der Waals surface area contributed by atoms with Gasteiger partial charge in [0.1, 0.15) is 5.75 Å². The minimum atomic E-state index is -0.266. The van der Waals surface area contributed by atoms with Gasteiger partial charge in [0.25, 0.3) is 5.91 Å². The molecule has 2 aromatic rings. The van der Waals surface area contributed by atoms with E-state index in [1.807, 2.05) is 23.2 Å². The number of rotatable bonds is 8. The van der Waals surface area contributed by atoms with Crippen molar-refractivity contribution in [1.29, 1.82) is 0 Å². The summed E-state index contributed by atoms with van der Waals surface area (Å²) in [6.45, 7) is 8.51. The van der Waals surface area contributed by atoms with Crippen molar-refractivity contribution in [2.45, 2.75) is 37.8 Å². The van der Waals surface area contributed by atoms with Gasteiger partial charge in [-0.15, -0.1) is 0 Å². The van der Waals surface area contributed by atoms with Gasteiger partial charge in [-0.1, -0.05) is 12.6 Å². The standard InChI is InChI=1S/C26H32N4O3/c1-4-25(31)30-14-13-29(16-18(30)2)17-24(23-12-9-21(15-28-23)19-5-6-19)33-22-10-7-20(8-11-22)26(32)27-3/h4,7-12,15,18-19,24H,1,5-6,13-14,16-17H2,2-3H3,(H,27,32)/t18-,24+/m1/s1. The fraction of sp³-hybridized carbons (Fsp3) is 0.423. The van der Waals surface area contributed by atoms with Gasteiger partial charge in [-0.05, 0) is 67.7 Å². The highest BCUT2D eigenvalue weighted by atomic mass is 16.5. The number of benzene rings is 1. The van der Waals surface area contributed by atoms with Crippen molar-refractivity contribution < 1.29 is 14.3 Å². The van der Waals surface area contributed by atoms with E-state index in [1.165, 1.54) is 24.5 Å². The van der Waals surface area contributed by atoms with E-state index in [0.717, 1.165) is 18.8 Å². The van der Waals surface area contributed by atoms with E-state index in [0.29, 0.717) is 30.3 Å². The maximum Gasteiger partial charge on any atom is 0.251 e. The molecule has 174 valence electrons. The summed E-state index contributed by atoms with van der Waals surface area (Å²) < 4.78 is 6.39. The summed E-state index contributed by atoms with van der Waals surface area (Å²) in [6, 6.07) is 11.5. The molecular formula is C26H32N4O3. The van der Waals surface area contributed by atoms with E-state index in [9.17, 15) is 9.59 Å². The third-order valence-electron chi connectivity index (χ3n) is 6.40. The quantitative estimate of drug-likeness (QED) is 0.628. The number of pyridine rings is 1. The van der Waals surface area contributed by atoms with Crippen LogP contribution in [-0.4, -0.2) is 65.9 Å². The predicted molar refractivity (Wildman–Crippen MR) is 127 cm³/mol. The summed E-state index contributed by atoms with van der Waals surface area (Å²) in [4.78, 5) is 32.9. The number of carbonyl (C=O) groups is 2. The van der Waals surface area contributed by atoms with Crippen LogP contribution >= 0.6 is 0 Å². The normalized spacial score (nSPS) is 19.6. The minimum absolute atomic E-state index is 0.0245. The lowest BCUT2D eigenvalue weighted by molar-refractivity contribution is -0.130. The molecule has 0 unspecified atom stereocenters. The zero-order valence-corrected chi connectivity index (χ0v) is 19.4. The first-order valence-electron chi connectivity index (χ1n) is 11.6. The minimum Gasteiger partial charge on any atom is -0.483 e. The molecule has 0 radical (unpaired) electrons. The Morgan fingerprint density at radius 3 is 2.55 bits per heavy atom. The summed E-state index contributed by atoms with van der Waals surface area (Å²) in [6.07, 6.45) is 5.57. The van der Waals surface area contributed by atoms with Crippen molar-refractivity contribution >= 4 is 11.8 Å². The van der Waals surface area contributed by atoms with Gasteiger partial charge in [0.05, 0.1) is 5.69 Å². The second kappa shape index (κ2) is 10.2. The molecule has 2 aliphatic rings. The highest BCUT2D eigenvalue weighted by Crippen LogP contribution is 2.39. The summed E-state index contributed by atoms with van der Waals surface area (Å²) in [5, 5.41) is 2.63. The van der Waals surface area contributed by atoms with E-state index in [4.69, 9.17) is 9.72 Å². The van der Waals surface area contributed by atoms with Crippen LogP contribution in [0.2, 0.25) is 0 Å². The van der Waals surface area contributed by atoms with Gasteiger partial charge in [0.2, 0.25) is 5.91 Å². The molecule has 7 heteroatoms. The van der Waals surface area contributed by atoms with Crippen LogP contribution in [0.25, 0.3) is 0 Å². The first kappa shape index (κ1) is 23.0. The van der Waals surface area contributed by atoms with Gasteiger partial charge in [-0.3, -0.25) is 19.5 Å². The van der Waals surface area contributed by atoms with Crippen LogP contribution in [0.1, 0.15) is 53.4 Å².